The Hall–Kier alpha value is 0.390. The minimum absolute atomic E-state index is 0. The van der Waals surface area contributed by atoms with Gasteiger partial charge in [0.05, 0.1) is 0 Å². The second kappa shape index (κ2) is 9.39. The minimum Gasteiger partial charge on any atom is -0.327 e. The lowest BCUT2D eigenvalue weighted by atomic mass is 10.6. The van der Waals surface area contributed by atoms with E-state index in [2.05, 4.69) is 4.72 Å². The second-order valence-electron chi connectivity index (χ2n) is 1.51. The zero-order valence-corrected chi connectivity index (χ0v) is 9.13. The third-order valence-corrected chi connectivity index (χ3v) is 1.77. The van der Waals surface area contributed by atoms with Crippen LogP contribution in [-0.4, -0.2) is 5.78 Å². The van der Waals surface area contributed by atoms with Crippen LogP contribution in [0, 0.1) is 0 Å². The highest BCUT2D eigenvalue weighted by molar-refractivity contribution is 8.93. The molecule has 0 saturated carbocycles. The average Bonchev–Trinajstić information content (AvgIpc) is 2.11. The van der Waals surface area contributed by atoms with Gasteiger partial charge in [0, 0.05) is 22.6 Å². The smallest absolute Gasteiger partial charge is 0.126 e. The minimum atomic E-state index is 0. The number of halogens is 1. The van der Waals surface area contributed by atoms with Crippen molar-refractivity contribution >= 4 is 44.5 Å². The van der Waals surface area contributed by atoms with Gasteiger partial charge in [0.15, 0.2) is 0 Å². The molecule has 2 nitrogen and oxygen atoms in total. The van der Waals surface area contributed by atoms with E-state index in [1.54, 1.807) is 21.8 Å². The second-order valence-corrected chi connectivity index (χ2v) is 3.45. The summed E-state index contributed by atoms with van der Waals surface area (Å²) in [6, 6.07) is 0. The van der Waals surface area contributed by atoms with Crippen LogP contribution in [0.4, 0.5) is 0 Å². The summed E-state index contributed by atoms with van der Waals surface area (Å²) in [5.41, 5.74) is 0. The summed E-state index contributed by atoms with van der Waals surface area (Å²) in [5.74, 6) is 0.167. The van der Waals surface area contributed by atoms with Crippen LogP contribution in [0.3, 0.4) is 0 Å². The Morgan fingerprint density at radius 1 is 1.50 bits per heavy atom. The molecular formula is C5H10BrNOS2. The first-order valence-electron chi connectivity index (χ1n) is 2.43. The van der Waals surface area contributed by atoms with Crippen molar-refractivity contribution < 1.29 is 4.79 Å². The number of ketones is 1. The molecule has 1 rings (SSSR count). The number of nitrogens with one attached hydrogen (secondary N) is 1. The molecule has 0 aliphatic carbocycles. The molecule has 0 unspecified atom stereocenters. The number of Topliss-reactive ketones (excluding diaryl/α,β-unsaturated/α-hetero) is 1. The summed E-state index contributed by atoms with van der Waals surface area (Å²) in [6.07, 6.45) is 1.91. The molecule has 0 saturated heterocycles. The lowest BCUT2D eigenvalue weighted by molar-refractivity contribution is -0.114. The van der Waals surface area contributed by atoms with Crippen molar-refractivity contribution in [1.29, 1.82) is 0 Å². The zero-order valence-electron chi connectivity index (χ0n) is 5.79. The van der Waals surface area contributed by atoms with Gasteiger partial charge in [-0.05, 0) is 24.6 Å². The van der Waals surface area contributed by atoms with Crippen molar-refractivity contribution in [3.8, 4) is 0 Å². The summed E-state index contributed by atoms with van der Waals surface area (Å²) in [7, 11) is 3.33. The van der Waals surface area contributed by atoms with Gasteiger partial charge in [0.25, 0.3) is 0 Å². The number of rotatable bonds is 0. The van der Waals surface area contributed by atoms with Crippen LogP contribution in [0.2, 0.25) is 0 Å². The fourth-order valence-corrected chi connectivity index (χ4v) is 1.25. The predicted octanol–water partition coefficient (Wildman–Crippen LogP) is 2.53. The average molecular weight is 244 g/mol. The van der Waals surface area contributed by atoms with Crippen LogP contribution in [0.25, 0.3) is 0 Å². The topological polar surface area (TPSA) is 29.1 Å². The predicted molar refractivity (Wildman–Crippen MR) is 54.1 cm³/mol. The number of carbonyl (C=O) groups is 1. The van der Waals surface area contributed by atoms with Crippen LogP contribution in [0.15, 0.2) is 11.6 Å². The van der Waals surface area contributed by atoms with E-state index in [1.165, 1.54) is 13.8 Å². The Morgan fingerprint density at radius 2 is 2.00 bits per heavy atom. The molecule has 0 aromatic heterocycles. The molecule has 1 aliphatic rings. The van der Waals surface area contributed by atoms with Gasteiger partial charge in [0.1, 0.15) is 5.78 Å². The van der Waals surface area contributed by atoms with Gasteiger partial charge >= 0.3 is 0 Å². The van der Waals surface area contributed by atoms with Crippen molar-refractivity contribution in [2.75, 3.05) is 0 Å². The molecule has 1 aliphatic heterocycles. The van der Waals surface area contributed by atoms with E-state index in [4.69, 9.17) is 0 Å². The van der Waals surface area contributed by atoms with E-state index in [0.717, 1.165) is 0 Å². The van der Waals surface area contributed by atoms with Crippen LogP contribution in [0.1, 0.15) is 13.8 Å². The molecule has 1 heterocycles. The monoisotopic (exact) mass is 243 g/mol. The third kappa shape index (κ3) is 15.8. The first-order valence-corrected chi connectivity index (χ1v) is 4.65. The van der Waals surface area contributed by atoms with Gasteiger partial charge in [0.2, 0.25) is 0 Å². The number of hydrogen-bond donors (Lipinski definition) is 1. The fourth-order valence-electron chi connectivity index (χ4n) is 0.139. The van der Waals surface area contributed by atoms with Gasteiger partial charge in [-0.2, -0.15) is 0 Å². The van der Waals surface area contributed by atoms with Crippen molar-refractivity contribution in [3.05, 3.63) is 11.6 Å². The highest BCUT2D eigenvalue weighted by atomic mass is 79.9. The summed E-state index contributed by atoms with van der Waals surface area (Å²) >= 11 is 0. The van der Waals surface area contributed by atoms with E-state index in [9.17, 15) is 4.79 Å². The number of hydrogen-bond acceptors (Lipinski definition) is 4. The van der Waals surface area contributed by atoms with Crippen molar-refractivity contribution in [2.45, 2.75) is 13.8 Å². The molecule has 0 amide bonds. The van der Waals surface area contributed by atoms with Gasteiger partial charge in [-0.25, -0.2) is 0 Å². The molecule has 60 valence electrons. The largest absolute Gasteiger partial charge is 0.327 e. The van der Waals surface area contributed by atoms with Gasteiger partial charge < -0.3 is 9.52 Å². The van der Waals surface area contributed by atoms with E-state index in [0.29, 0.717) is 0 Å². The highest BCUT2D eigenvalue weighted by Gasteiger charge is 1.83. The Labute approximate surface area is 79.5 Å². The Balaban J connectivity index is 0. The van der Waals surface area contributed by atoms with E-state index in [-0.39, 0.29) is 22.8 Å². The fraction of sp³-hybridized carbons (Fsp3) is 0.400. The Morgan fingerprint density at radius 3 is 2.10 bits per heavy atom. The molecule has 0 fully saturated rings. The van der Waals surface area contributed by atoms with Crippen LogP contribution in [-0.2, 0) is 4.79 Å². The molecule has 0 aromatic rings. The van der Waals surface area contributed by atoms with Crippen LogP contribution in [0.5, 0.6) is 0 Å². The van der Waals surface area contributed by atoms with Crippen LogP contribution < -0.4 is 4.72 Å². The third-order valence-electron chi connectivity index (χ3n) is 0.288. The first-order chi connectivity index (χ1) is 4.23. The molecule has 1 N–H and O–H groups in total. The van der Waals surface area contributed by atoms with Crippen molar-refractivity contribution in [1.82, 2.24) is 4.72 Å². The van der Waals surface area contributed by atoms with Gasteiger partial charge in [-0.1, -0.05) is 0 Å². The quantitative estimate of drug-likeness (QED) is 0.523. The molecule has 10 heavy (non-hydrogen) atoms. The molecule has 0 radical (unpaired) electrons. The zero-order chi connectivity index (χ0) is 7.11. The van der Waals surface area contributed by atoms with Gasteiger partial charge in [-0.15, -0.1) is 17.0 Å². The normalized spacial score (nSPS) is 12.2. The van der Waals surface area contributed by atoms with Crippen LogP contribution >= 0.6 is 38.8 Å². The maximum absolute atomic E-state index is 9.44. The molecular weight excluding hydrogens is 234 g/mol. The number of carbonyl (C=O) groups excluding carboxylic acids is 1. The maximum atomic E-state index is 9.44. The summed E-state index contributed by atoms with van der Waals surface area (Å²) in [4.78, 5) is 9.44. The molecule has 0 spiro atoms. The lowest BCUT2D eigenvalue weighted by Gasteiger charge is -1.75. The summed E-state index contributed by atoms with van der Waals surface area (Å²) < 4.78 is 2.92. The highest BCUT2D eigenvalue weighted by Crippen LogP contribution is 2.22. The SMILES string of the molecule is Br.C1=CSSN1.CC(C)=O. The van der Waals surface area contributed by atoms with Gasteiger partial charge in [-0.3, -0.25) is 0 Å². The molecule has 5 heteroatoms. The summed E-state index contributed by atoms with van der Waals surface area (Å²) in [5, 5.41) is 2.00. The summed E-state index contributed by atoms with van der Waals surface area (Å²) in [6.45, 7) is 3.06. The van der Waals surface area contributed by atoms with E-state index in [1.807, 2.05) is 11.6 Å². The molecule has 0 aromatic carbocycles. The molecule has 0 bridgehead atoms. The maximum Gasteiger partial charge on any atom is 0.126 e. The van der Waals surface area contributed by atoms with Crippen molar-refractivity contribution in [2.24, 2.45) is 0 Å². The van der Waals surface area contributed by atoms with E-state index >= 15 is 0 Å². The Bertz CT molecular complexity index is 108. The molecule has 0 atom stereocenters. The first kappa shape index (κ1) is 13.0. The van der Waals surface area contributed by atoms with Crippen molar-refractivity contribution in [3.63, 3.8) is 0 Å². The van der Waals surface area contributed by atoms with E-state index < -0.39 is 0 Å². The standard InChI is InChI=1S/C3H6O.C2H3NS2.BrH/c1-3(2)4;1-2-4-5-3-1;/h1-2H3;1-3H;1H. The lowest BCUT2D eigenvalue weighted by Crippen LogP contribution is -1.76. The Kier molecular flexibility index (Phi) is 12.2.